The number of aryl methyl sites for hydroxylation is 1. The number of hydrogen-bond donors (Lipinski definition) is 1. The molecule has 24 heavy (non-hydrogen) atoms. The van der Waals surface area contributed by atoms with E-state index in [1.807, 2.05) is 44.2 Å². The second kappa shape index (κ2) is 8.70. The molecule has 0 spiro atoms. The quantitative estimate of drug-likeness (QED) is 0.740. The molecule has 5 nitrogen and oxygen atoms in total. The van der Waals surface area contributed by atoms with Crippen LogP contribution in [-0.2, 0) is 4.74 Å². The van der Waals surface area contributed by atoms with Crippen LogP contribution in [0, 0.1) is 6.92 Å². The van der Waals surface area contributed by atoms with Crippen LogP contribution in [-0.4, -0.2) is 33.3 Å². The summed E-state index contributed by atoms with van der Waals surface area (Å²) in [6.07, 6.45) is 0. The zero-order chi connectivity index (χ0) is 17.5. The van der Waals surface area contributed by atoms with Gasteiger partial charge in [-0.05, 0) is 43.7 Å². The molecule has 1 atom stereocenters. The third kappa shape index (κ3) is 4.72. The van der Waals surface area contributed by atoms with Crippen molar-refractivity contribution in [2.45, 2.75) is 19.9 Å². The monoisotopic (exact) mass is 349 g/mol. The fraction of sp³-hybridized carbons (Fsp3) is 0.389. The van der Waals surface area contributed by atoms with Crippen molar-refractivity contribution in [1.82, 2.24) is 5.32 Å². The second-order valence-electron chi connectivity index (χ2n) is 5.36. The molecule has 0 bridgehead atoms. The Labute approximate surface area is 146 Å². The molecule has 0 saturated heterocycles. The molecular formula is C18H23NO4S. The molecule has 0 unspecified atom stereocenters. The maximum Gasteiger partial charge on any atom is 0.261 e. The zero-order valence-electron chi connectivity index (χ0n) is 14.4. The molecule has 0 aliphatic rings. The Balaban J connectivity index is 2.06. The van der Waals surface area contributed by atoms with E-state index in [1.165, 1.54) is 11.3 Å². The minimum atomic E-state index is -0.137. The molecule has 1 N–H and O–H groups in total. The van der Waals surface area contributed by atoms with Gasteiger partial charge < -0.3 is 19.5 Å². The zero-order valence-corrected chi connectivity index (χ0v) is 15.2. The largest absolute Gasteiger partial charge is 0.493 e. The molecule has 2 rings (SSSR count). The third-order valence-electron chi connectivity index (χ3n) is 3.54. The molecule has 0 aliphatic carbocycles. The lowest BCUT2D eigenvalue weighted by Gasteiger charge is -2.17. The number of nitrogens with one attached hydrogen (secondary N) is 1. The first-order valence-corrected chi connectivity index (χ1v) is 8.53. The van der Waals surface area contributed by atoms with Crippen molar-refractivity contribution in [3.63, 3.8) is 0 Å². The summed E-state index contributed by atoms with van der Waals surface area (Å²) >= 11 is 1.49. The topological polar surface area (TPSA) is 56.8 Å². The predicted molar refractivity (Wildman–Crippen MR) is 95.3 cm³/mol. The minimum absolute atomic E-state index is 0.0695. The van der Waals surface area contributed by atoms with Gasteiger partial charge >= 0.3 is 0 Å². The first kappa shape index (κ1) is 18.3. The summed E-state index contributed by atoms with van der Waals surface area (Å²) in [5.41, 5.74) is 0.951. The van der Waals surface area contributed by atoms with E-state index in [4.69, 9.17) is 14.2 Å². The molecule has 1 amide bonds. The van der Waals surface area contributed by atoms with Crippen molar-refractivity contribution in [1.29, 1.82) is 0 Å². The smallest absolute Gasteiger partial charge is 0.261 e. The second-order valence-corrected chi connectivity index (χ2v) is 6.64. The summed E-state index contributed by atoms with van der Waals surface area (Å²) in [4.78, 5) is 14.1. The Morgan fingerprint density at radius 1 is 1.17 bits per heavy atom. The molecule has 0 fully saturated rings. The van der Waals surface area contributed by atoms with E-state index in [0.29, 0.717) is 29.6 Å². The molecule has 1 aromatic heterocycles. The summed E-state index contributed by atoms with van der Waals surface area (Å²) in [7, 11) is 3.23. The Kier molecular flexibility index (Phi) is 6.63. The molecule has 0 radical (unpaired) electrons. The standard InChI is InChI=1S/C18H23NO4S/c1-12-5-8-17(24-12)18(20)19-13(2)14-6-7-15(16(11-14)22-4)23-10-9-21-3/h5-8,11,13H,9-10H2,1-4H3,(H,19,20)/t13-/m0/s1. The number of benzene rings is 1. The molecule has 1 heterocycles. The van der Waals surface area contributed by atoms with Gasteiger partial charge in [0.15, 0.2) is 11.5 Å². The highest BCUT2D eigenvalue weighted by molar-refractivity contribution is 7.13. The van der Waals surface area contributed by atoms with Crippen LogP contribution < -0.4 is 14.8 Å². The number of hydrogen-bond acceptors (Lipinski definition) is 5. The number of amides is 1. The number of ether oxygens (including phenoxy) is 3. The van der Waals surface area contributed by atoms with Gasteiger partial charge in [0.25, 0.3) is 5.91 Å². The summed E-state index contributed by atoms with van der Waals surface area (Å²) in [5, 5.41) is 3.00. The lowest BCUT2D eigenvalue weighted by atomic mass is 10.1. The van der Waals surface area contributed by atoms with Crippen molar-refractivity contribution in [3.05, 3.63) is 45.6 Å². The van der Waals surface area contributed by atoms with E-state index in [2.05, 4.69) is 5.32 Å². The molecule has 2 aromatic rings. The van der Waals surface area contributed by atoms with Crippen molar-refractivity contribution in [3.8, 4) is 11.5 Å². The summed E-state index contributed by atoms with van der Waals surface area (Å²) in [6, 6.07) is 9.31. The average molecular weight is 349 g/mol. The summed E-state index contributed by atoms with van der Waals surface area (Å²) < 4.78 is 16.0. The van der Waals surface area contributed by atoms with Crippen LogP contribution in [0.1, 0.15) is 33.1 Å². The highest BCUT2D eigenvalue weighted by Crippen LogP contribution is 2.30. The van der Waals surface area contributed by atoms with Crippen molar-refractivity contribution < 1.29 is 19.0 Å². The minimum Gasteiger partial charge on any atom is -0.493 e. The van der Waals surface area contributed by atoms with Crippen molar-refractivity contribution in [2.24, 2.45) is 0 Å². The number of carbonyl (C=O) groups excluding carboxylic acids is 1. The van der Waals surface area contributed by atoms with Crippen LogP contribution in [0.4, 0.5) is 0 Å². The molecule has 130 valence electrons. The molecule has 6 heteroatoms. The van der Waals surface area contributed by atoms with Gasteiger partial charge in [-0.2, -0.15) is 0 Å². The number of rotatable bonds is 8. The van der Waals surface area contributed by atoms with E-state index in [1.54, 1.807) is 14.2 Å². The third-order valence-corrected chi connectivity index (χ3v) is 4.54. The van der Waals surface area contributed by atoms with Crippen molar-refractivity contribution >= 4 is 17.2 Å². The van der Waals surface area contributed by atoms with Crippen LogP contribution in [0.2, 0.25) is 0 Å². The highest BCUT2D eigenvalue weighted by atomic mass is 32.1. The van der Waals surface area contributed by atoms with Gasteiger partial charge in [0, 0.05) is 12.0 Å². The van der Waals surface area contributed by atoms with E-state index >= 15 is 0 Å². The maximum atomic E-state index is 12.3. The number of thiophene rings is 1. The van der Waals surface area contributed by atoms with Gasteiger partial charge in [-0.1, -0.05) is 6.07 Å². The molecule has 0 saturated carbocycles. The lowest BCUT2D eigenvalue weighted by Crippen LogP contribution is -2.25. The predicted octanol–water partition coefficient (Wildman–Crippen LogP) is 3.58. The molecule has 0 aliphatic heterocycles. The van der Waals surface area contributed by atoms with Crippen LogP contribution in [0.3, 0.4) is 0 Å². The van der Waals surface area contributed by atoms with E-state index < -0.39 is 0 Å². The number of methoxy groups -OCH3 is 2. The first-order valence-electron chi connectivity index (χ1n) is 7.72. The van der Waals surface area contributed by atoms with Crippen molar-refractivity contribution in [2.75, 3.05) is 27.4 Å². The average Bonchev–Trinajstić information content (AvgIpc) is 3.01. The van der Waals surface area contributed by atoms with Gasteiger partial charge in [0.05, 0.1) is 24.6 Å². The highest BCUT2D eigenvalue weighted by Gasteiger charge is 2.15. The normalized spacial score (nSPS) is 11.8. The van der Waals surface area contributed by atoms with E-state index in [0.717, 1.165) is 10.4 Å². The SMILES string of the molecule is COCCOc1ccc([C@H](C)NC(=O)c2ccc(C)s2)cc1OC. The Bertz CT molecular complexity index is 683. The van der Waals surface area contributed by atoms with Gasteiger partial charge in [0.1, 0.15) is 6.61 Å². The molecular weight excluding hydrogens is 326 g/mol. The fourth-order valence-electron chi connectivity index (χ4n) is 2.22. The first-order chi connectivity index (χ1) is 11.5. The van der Waals surface area contributed by atoms with Gasteiger partial charge in [-0.3, -0.25) is 4.79 Å². The van der Waals surface area contributed by atoms with E-state index in [-0.39, 0.29) is 11.9 Å². The molecule has 1 aromatic carbocycles. The van der Waals surface area contributed by atoms with Gasteiger partial charge in [-0.15, -0.1) is 11.3 Å². The van der Waals surface area contributed by atoms with Gasteiger partial charge in [-0.25, -0.2) is 0 Å². The summed E-state index contributed by atoms with van der Waals surface area (Å²) in [6.45, 7) is 4.89. The van der Waals surface area contributed by atoms with Crippen LogP contribution in [0.15, 0.2) is 30.3 Å². The van der Waals surface area contributed by atoms with Crippen LogP contribution >= 0.6 is 11.3 Å². The van der Waals surface area contributed by atoms with Gasteiger partial charge in [0.2, 0.25) is 0 Å². The Morgan fingerprint density at radius 3 is 2.58 bits per heavy atom. The van der Waals surface area contributed by atoms with E-state index in [9.17, 15) is 4.79 Å². The maximum absolute atomic E-state index is 12.3. The Hall–Kier alpha value is -2.05. The van der Waals surface area contributed by atoms with Crippen LogP contribution in [0.5, 0.6) is 11.5 Å². The fourth-order valence-corrected chi connectivity index (χ4v) is 2.99. The lowest BCUT2D eigenvalue weighted by molar-refractivity contribution is 0.0944. The summed E-state index contributed by atoms with van der Waals surface area (Å²) in [5.74, 6) is 1.22. The Morgan fingerprint density at radius 2 is 1.96 bits per heavy atom. The number of carbonyl (C=O) groups is 1. The van der Waals surface area contributed by atoms with Crippen LogP contribution in [0.25, 0.3) is 0 Å².